The number of aromatic nitrogens is 1. The fraction of sp³-hybridized carbons (Fsp3) is 0.333. The van der Waals surface area contributed by atoms with E-state index in [4.69, 9.17) is 15.2 Å². The van der Waals surface area contributed by atoms with Crippen molar-refractivity contribution in [3.63, 3.8) is 0 Å². The van der Waals surface area contributed by atoms with E-state index in [1.165, 1.54) is 7.11 Å². The van der Waals surface area contributed by atoms with Crippen molar-refractivity contribution in [3.8, 4) is 5.75 Å². The lowest BCUT2D eigenvalue weighted by atomic mass is 10.0. The van der Waals surface area contributed by atoms with Crippen LogP contribution in [0, 0.1) is 12.8 Å². The number of ether oxygens (including phenoxy) is 2. The number of nitrogens with two attached hydrogens (primary N) is 1. The van der Waals surface area contributed by atoms with Crippen LogP contribution < -0.4 is 15.8 Å². The normalized spacial score (nSPS) is 11.8. The Morgan fingerprint density at radius 3 is 2.33 bits per heavy atom. The standard InChI is InChI=1S/C27H31N3O6/c1-16(2)13-19(27(34)35-4)29-22(31)15-36-21-12-8-11-20-24(21)23(25(32)26(28)33)17(3)30(20)14-18-9-6-5-7-10-18/h5-12,16,19H,13-15H2,1-4H3,(H2,28,33)(H,29,31)/t19-/m0/s1. The SMILES string of the molecule is COC(=O)[C@H](CC(C)C)NC(=O)COc1cccc2c1c(C(=O)C(N)=O)c(C)n2Cc1ccccc1. The average molecular weight is 494 g/mol. The summed E-state index contributed by atoms with van der Waals surface area (Å²) in [6.07, 6.45) is 0.410. The van der Waals surface area contributed by atoms with Gasteiger partial charge in [0.1, 0.15) is 11.8 Å². The fourth-order valence-electron chi connectivity index (χ4n) is 4.19. The number of benzene rings is 2. The van der Waals surface area contributed by atoms with Gasteiger partial charge in [0.2, 0.25) is 0 Å². The molecule has 1 heterocycles. The first-order chi connectivity index (χ1) is 17.1. The van der Waals surface area contributed by atoms with Crippen molar-refractivity contribution in [2.45, 2.75) is 39.8 Å². The third-order valence-corrected chi connectivity index (χ3v) is 5.83. The second-order valence-corrected chi connectivity index (χ2v) is 8.94. The van der Waals surface area contributed by atoms with Crippen LogP contribution in [0.2, 0.25) is 0 Å². The van der Waals surface area contributed by atoms with Gasteiger partial charge >= 0.3 is 5.97 Å². The fourth-order valence-corrected chi connectivity index (χ4v) is 4.19. The Kier molecular flexibility index (Phi) is 8.47. The Balaban J connectivity index is 1.95. The summed E-state index contributed by atoms with van der Waals surface area (Å²) >= 11 is 0. The van der Waals surface area contributed by atoms with Gasteiger partial charge in [-0.15, -0.1) is 0 Å². The van der Waals surface area contributed by atoms with Crippen molar-refractivity contribution in [1.82, 2.24) is 9.88 Å². The predicted octanol–water partition coefficient (Wildman–Crippen LogP) is 2.75. The van der Waals surface area contributed by atoms with Gasteiger partial charge in [-0.25, -0.2) is 4.79 Å². The van der Waals surface area contributed by atoms with E-state index in [9.17, 15) is 19.2 Å². The molecule has 0 bridgehead atoms. The summed E-state index contributed by atoms with van der Waals surface area (Å²) < 4.78 is 12.5. The van der Waals surface area contributed by atoms with Gasteiger partial charge in [0.15, 0.2) is 6.61 Å². The molecule has 0 unspecified atom stereocenters. The Morgan fingerprint density at radius 1 is 1.03 bits per heavy atom. The number of rotatable bonds is 11. The lowest BCUT2D eigenvalue weighted by Gasteiger charge is -2.18. The van der Waals surface area contributed by atoms with E-state index in [1.54, 1.807) is 19.1 Å². The molecule has 2 amide bonds. The predicted molar refractivity (Wildman–Crippen MR) is 135 cm³/mol. The summed E-state index contributed by atoms with van der Waals surface area (Å²) in [6, 6.07) is 14.0. The van der Waals surface area contributed by atoms with Crippen LogP contribution >= 0.6 is 0 Å². The molecular formula is C27H31N3O6. The first-order valence-electron chi connectivity index (χ1n) is 11.6. The molecule has 0 saturated carbocycles. The van der Waals surface area contributed by atoms with Crippen LogP contribution in [-0.4, -0.2) is 47.9 Å². The number of nitrogens with zero attached hydrogens (tertiary/aromatic N) is 1. The lowest BCUT2D eigenvalue weighted by Crippen LogP contribution is -2.44. The Bertz CT molecular complexity index is 1280. The summed E-state index contributed by atoms with van der Waals surface area (Å²) in [7, 11) is 1.26. The van der Waals surface area contributed by atoms with Gasteiger partial charge in [-0.05, 0) is 37.0 Å². The average Bonchev–Trinajstić information content (AvgIpc) is 3.13. The van der Waals surface area contributed by atoms with Gasteiger partial charge in [0, 0.05) is 12.2 Å². The summed E-state index contributed by atoms with van der Waals surface area (Å²) in [5.74, 6) is -2.58. The van der Waals surface area contributed by atoms with E-state index in [-0.39, 0.29) is 17.2 Å². The lowest BCUT2D eigenvalue weighted by molar-refractivity contribution is -0.145. The van der Waals surface area contributed by atoms with E-state index in [0.29, 0.717) is 29.6 Å². The third kappa shape index (κ3) is 5.91. The first-order valence-corrected chi connectivity index (χ1v) is 11.6. The van der Waals surface area contributed by atoms with Gasteiger partial charge < -0.3 is 25.1 Å². The minimum atomic E-state index is -1.08. The van der Waals surface area contributed by atoms with Crippen LogP contribution in [0.25, 0.3) is 10.9 Å². The van der Waals surface area contributed by atoms with Crippen molar-refractivity contribution >= 4 is 34.5 Å². The zero-order valence-electron chi connectivity index (χ0n) is 20.9. The highest BCUT2D eigenvalue weighted by Crippen LogP contribution is 2.34. The molecule has 0 aliphatic rings. The molecule has 0 radical (unpaired) electrons. The zero-order valence-corrected chi connectivity index (χ0v) is 20.9. The summed E-state index contributed by atoms with van der Waals surface area (Å²) in [5.41, 5.74) is 7.70. The molecule has 1 atom stereocenters. The number of amides is 2. The molecule has 0 aliphatic heterocycles. The number of methoxy groups -OCH3 is 1. The van der Waals surface area contributed by atoms with E-state index in [2.05, 4.69) is 5.32 Å². The van der Waals surface area contributed by atoms with E-state index < -0.39 is 36.2 Å². The number of esters is 1. The first kappa shape index (κ1) is 26.5. The van der Waals surface area contributed by atoms with Gasteiger partial charge in [0.05, 0.1) is 23.6 Å². The molecule has 9 heteroatoms. The van der Waals surface area contributed by atoms with Gasteiger partial charge in [-0.1, -0.05) is 50.2 Å². The number of ketones is 1. The maximum absolute atomic E-state index is 12.8. The molecule has 0 fully saturated rings. The molecule has 9 nitrogen and oxygen atoms in total. The summed E-state index contributed by atoms with van der Waals surface area (Å²) in [5, 5.41) is 3.03. The van der Waals surface area contributed by atoms with E-state index in [1.807, 2.05) is 54.8 Å². The molecule has 0 saturated heterocycles. The van der Waals surface area contributed by atoms with Crippen LogP contribution in [0.4, 0.5) is 0 Å². The van der Waals surface area contributed by atoms with Gasteiger partial charge in [-0.2, -0.15) is 0 Å². The van der Waals surface area contributed by atoms with Crippen molar-refractivity contribution in [3.05, 3.63) is 65.4 Å². The zero-order chi connectivity index (χ0) is 26.4. The van der Waals surface area contributed by atoms with E-state index in [0.717, 1.165) is 5.56 Å². The molecule has 3 aromatic rings. The molecular weight excluding hydrogens is 462 g/mol. The summed E-state index contributed by atoms with van der Waals surface area (Å²) in [4.78, 5) is 49.3. The largest absolute Gasteiger partial charge is 0.483 e. The topological polar surface area (TPSA) is 130 Å². The Morgan fingerprint density at radius 2 is 1.72 bits per heavy atom. The highest BCUT2D eigenvalue weighted by atomic mass is 16.5. The van der Waals surface area contributed by atoms with Crippen molar-refractivity contribution < 1.29 is 28.7 Å². The molecule has 3 N–H and O–H groups in total. The number of carbonyl (C=O) groups is 4. The van der Waals surface area contributed by atoms with Crippen LogP contribution in [0.1, 0.15) is 41.9 Å². The number of hydrogen-bond acceptors (Lipinski definition) is 6. The molecule has 0 spiro atoms. The number of fused-ring (bicyclic) bond motifs is 1. The van der Waals surface area contributed by atoms with Crippen molar-refractivity contribution in [2.75, 3.05) is 13.7 Å². The highest BCUT2D eigenvalue weighted by Gasteiger charge is 2.27. The Labute approximate surface area is 209 Å². The Hall–Kier alpha value is -4.14. The highest BCUT2D eigenvalue weighted by molar-refractivity contribution is 6.45. The monoisotopic (exact) mass is 493 g/mol. The van der Waals surface area contributed by atoms with Crippen LogP contribution in [0.5, 0.6) is 5.75 Å². The van der Waals surface area contributed by atoms with Crippen LogP contribution in [-0.2, 0) is 25.7 Å². The molecule has 3 rings (SSSR count). The van der Waals surface area contributed by atoms with E-state index >= 15 is 0 Å². The summed E-state index contributed by atoms with van der Waals surface area (Å²) in [6.45, 7) is 5.65. The molecule has 2 aromatic carbocycles. The van der Waals surface area contributed by atoms with Crippen molar-refractivity contribution in [2.24, 2.45) is 11.7 Å². The number of primary amides is 1. The minimum Gasteiger partial charge on any atom is -0.483 e. The quantitative estimate of drug-likeness (QED) is 0.240. The van der Waals surface area contributed by atoms with Gasteiger partial charge in [-0.3, -0.25) is 14.4 Å². The molecule has 0 aliphatic carbocycles. The van der Waals surface area contributed by atoms with Crippen LogP contribution in [0.15, 0.2) is 48.5 Å². The molecule has 1 aromatic heterocycles. The molecule has 190 valence electrons. The number of Topliss-reactive ketones (excluding diaryl/α,β-unsaturated/α-hetero) is 1. The number of carbonyl (C=O) groups excluding carboxylic acids is 4. The molecule has 36 heavy (non-hydrogen) atoms. The number of nitrogens with one attached hydrogen (secondary N) is 1. The number of hydrogen-bond donors (Lipinski definition) is 2. The minimum absolute atomic E-state index is 0.136. The third-order valence-electron chi connectivity index (χ3n) is 5.83. The smallest absolute Gasteiger partial charge is 0.328 e. The maximum Gasteiger partial charge on any atom is 0.328 e. The maximum atomic E-state index is 12.8. The second kappa shape index (κ2) is 11.5. The second-order valence-electron chi connectivity index (χ2n) is 8.94. The van der Waals surface area contributed by atoms with Gasteiger partial charge in [0.25, 0.3) is 17.6 Å². The van der Waals surface area contributed by atoms with Crippen LogP contribution in [0.3, 0.4) is 0 Å². The van der Waals surface area contributed by atoms with Crippen molar-refractivity contribution in [1.29, 1.82) is 0 Å².